The monoisotopic (exact) mass is 481 g/mol. The Kier molecular flexibility index (Phi) is 5.81. The lowest BCUT2D eigenvalue weighted by Gasteiger charge is -2.15. The molecule has 2 aromatic carbocycles. The summed E-state index contributed by atoms with van der Waals surface area (Å²) in [6.45, 7) is 1.15. The number of carbonyl (C=O) groups excluding carboxylic acids is 1. The molecule has 1 saturated heterocycles. The molecule has 0 atom stereocenters. The number of H-pyrrole nitrogens is 1. The fraction of sp³-hybridized carbons (Fsp3) is 0.261. The van der Waals surface area contributed by atoms with E-state index in [4.69, 9.17) is 0 Å². The maximum Gasteiger partial charge on any atom is 0.243 e. The van der Waals surface area contributed by atoms with Gasteiger partial charge in [-0.05, 0) is 43.2 Å². The molecule has 1 fully saturated rings. The molecule has 0 spiro atoms. The zero-order chi connectivity index (χ0) is 23.0. The molecule has 1 N–H and O–H groups in total. The van der Waals surface area contributed by atoms with Crippen LogP contribution < -0.4 is 0 Å². The highest BCUT2D eigenvalue weighted by Gasteiger charge is 2.27. The van der Waals surface area contributed by atoms with Crippen molar-refractivity contribution in [1.29, 1.82) is 0 Å². The molecule has 33 heavy (non-hydrogen) atoms. The quantitative estimate of drug-likeness (QED) is 0.319. The predicted octanol–water partition coefficient (Wildman–Crippen LogP) is 3.72. The highest BCUT2D eigenvalue weighted by molar-refractivity contribution is 7.99. The normalized spacial score (nSPS) is 14.8. The summed E-state index contributed by atoms with van der Waals surface area (Å²) in [4.78, 5) is 16.2. The van der Waals surface area contributed by atoms with Gasteiger partial charge < -0.3 is 9.55 Å². The fourth-order valence-electron chi connectivity index (χ4n) is 4.06. The van der Waals surface area contributed by atoms with Gasteiger partial charge in [-0.3, -0.25) is 4.79 Å². The number of hydrogen-bond donors (Lipinski definition) is 1. The van der Waals surface area contributed by atoms with Gasteiger partial charge in [-0.2, -0.15) is 4.31 Å². The van der Waals surface area contributed by atoms with Crippen LogP contribution in [0.5, 0.6) is 0 Å². The van der Waals surface area contributed by atoms with Crippen molar-refractivity contribution in [2.75, 3.05) is 18.8 Å². The van der Waals surface area contributed by atoms with Gasteiger partial charge in [0.05, 0.1) is 10.6 Å². The zero-order valence-electron chi connectivity index (χ0n) is 18.1. The predicted molar refractivity (Wildman–Crippen MR) is 128 cm³/mol. The molecule has 0 unspecified atom stereocenters. The number of rotatable bonds is 7. The molecule has 0 radical (unpaired) electrons. The molecule has 1 aliphatic heterocycles. The van der Waals surface area contributed by atoms with Gasteiger partial charge in [0.25, 0.3) is 0 Å². The number of hydrogen-bond acceptors (Lipinski definition) is 6. The molecule has 4 aromatic rings. The van der Waals surface area contributed by atoms with Crippen molar-refractivity contribution in [3.63, 3.8) is 0 Å². The molecule has 0 bridgehead atoms. The highest BCUT2D eigenvalue weighted by Crippen LogP contribution is 2.27. The number of carbonyl (C=O) groups is 1. The maximum absolute atomic E-state index is 12.8. The van der Waals surface area contributed by atoms with Gasteiger partial charge in [-0.15, -0.1) is 10.2 Å². The number of Topliss-reactive ketones (excluding diaryl/α,β-unsaturated/α-hetero) is 1. The third-order valence-corrected chi connectivity index (χ3v) is 8.81. The topological polar surface area (TPSA) is 101 Å². The number of fused-ring (bicyclic) bond motifs is 1. The first-order valence-electron chi connectivity index (χ1n) is 10.7. The summed E-state index contributed by atoms with van der Waals surface area (Å²) in [5, 5.41) is 10.0. The number of aromatic amines is 1. The van der Waals surface area contributed by atoms with Gasteiger partial charge in [0.15, 0.2) is 16.8 Å². The van der Waals surface area contributed by atoms with Crippen molar-refractivity contribution in [3.05, 3.63) is 60.3 Å². The van der Waals surface area contributed by atoms with Gasteiger partial charge in [0.2, 0.25) is 10.0 Å². The Labute approximate surface area is 196 Å². The molecule has 0 aliphatic carbocycles. The largest absolute Gasteiger partial charge is 0.360 e. The van der Waals surface area contributed by atoms with Gasteiger partial charge in [0.1, 0.15) is 0 Å². The Morgan fingerprint density at radius 3 is 2.55 bits per heavy atom. The molecule has 2 aromatic heterocycles. The first-order valence-corrected chi connectivity index (χ1v) is 13.1. The molecule has 3 heterocycles. The number of ketones is 1. The molecule has 170 valence electrons. The van der Waals surface area contributed by atoms with E-state index in [0.717, 1.165) is 29.3 Å². The molecule has 10 heteroatoms. The standard InChI is InChI=1S/C23H23N5O3S2/c1-27-22(16-8-10-17(11-9-16)33(30,31)28-12-4-5-13-28)25-26-23(27)32-15-21(29)19-14-24-20-7-3-2-6-18(19)20/h2-3,6-11,14,24H,4-5,12-13,15H2,1H3. The lowest BCUT2D eigenvalue weighted by atomic mass is 10.1. The maximum atomic E-state index is 12.8. The molecular weight excluding hydrogens is 458 g/mol. The number of thioether (sulfide) groups is 1. The molecule has 0 amide bonds. The SMILES string of the molecule is Cn1c(SCC(=O)c2c[nH]c3ccccc23)nnc1-c1ccc(S(=O)(=O)N2CCCC2)cc1. The van der Waals surface area contributed by atoms with Crippen LogP contribution >= 0.6 is 11.8 Å². The third kappa shape index (κ3) is 4.09. The van der Waals surface area contributed by atoms with Crippen LogP contribution in [-0.4, -0.2) is 57.1 Å². The molecule has 1 aliphatic rings. The molecule has 0 saturated carbocycles. The Balaban J connectivity index is 1.30. The smallest absolute Gasteiger partial charge is 0.243 e. The average molecular weight is 482 g/mol. The van der Waals surface area contributed by atoms with Gasteiger partial charge >= 0.3 is 0 Å². The summed E-state index contributed by atoms with van der Waals surface area (Å²) in [6, 6.07) is 14.4. The number of para-hydroxylation sites is 1. The van der Waals surface area contributed by atoms with E-state index in [1.54, 1.807) is 30.5 Å². The summed E-state index contributed by atoms with van der Waals surface area (Å²) < 4.78 is 28.8. The average Bonchev–Trinajstić information content (AvgIpc) is 3.58. The second kappa shape index (κ2) is 8.77. The number of nitrogens with zero attached hydrogens (tertiary/aromatic N) is 4. The Bertz CT molecular complexity index is 1420. The van der Waals surface area contributed by atoms with Crippen LogP contribution in [0.25, 0.3) is 22.3 Å². The number of benzene rings is 2. The van der Waals surface area contributed by atoms with Crippen LogP contribution in [-0.2, 0) is 17.1 Å². The van der Waals surface area contributed by atoms with E-state index in [-0.39, 0.29) is 16.4 Å². The Morgan fingerprint density at radius 1 is 1.06 bits per heavy atom. The van der Waals surface area contributed by atoms with E-state index in [2.05, 4.69) is 15.2 Å². The number of aromatic nitrogens is 4. The summed E-state index contributed by atoms with van der Waals surface area (Å²) in [6.07, 6.45) is 3.55. The second-order valence-electron chi connectivity index (χ2n) is 7.96. The molecule has 5 rings (SSSR count). The van der Waals surface area contributed by atoms with E-state index in [9.17, 15) is 13.2 Å². The minimum atomic E-state index is -3.45. The van der Waals surface area contributed by atoms with Crippen molar-refractivity contribution in [2.45, 2.75) is 22.9 Å². The van der Waals surface area contributed by atoms with Crippen LogP contribution in [0.15, 0.2) is 64.8 Å². The van der Waals surface area contributed by atoms with E-state index < -0.39 is 10.0 Å². The molecule has 8 nitrogen and oxygen atoms in total. The Hall–Kier alpha value is -2.95. The van der Waals surface area contributed by atoms with Gasteiger partial charge in [-0.1, -0.05) is 30.0 Å². The summed E-state index contributed by atoms with van der Waals surface area (Å²) in [7, 11) is -1.62. The van der Waals surface area contributed by atoms with E-state index in [1.165, 1.54) is 16.1 Å². The van der Waals surface area contributed by atoms with Crippen molar-refractivity contribution >= 4 is 38.5 Å². The highest BCUT2D eigenvalue weighted by atomic mass is 32.2. The summed E-state index contributed by atoms with van der Waals surface area (Å²) in [5.41, 5.74) is 2.36. The summed E-state index contributed by atoms with van der Waals surface area (Å²) in [5.74, 6) is 0.863. The van der Waals surface area contributed by atoms with Crippen LogP contribution in [0.4, 0.5) is 0 Å². The second-order valence-corrected chi connectivity index (χ2v) is 10.8. The fourth-order valence-corrected chi connectivity index (χ4v) is 6.37. The van der Waals surface area contributed by atoms with Crippen molar-refractivity contribution < 1.29 is 13.2 Å². The Morgan fingerprint density at radius 2 is 1.79 bits per heavy atom. The van der Waals surface area contributed by atoms with Crippen molar-refractivity contribution in [1.82, 2.24) is 24.1 Å². The first-order chi connectivity index (χ1) is 15.9. The van der Waals surface area contributed by atoms with Crippen molar-refractivity contribution in [2.24, 2.45) is 7.05 Å². The lowest BCUT2D eigenvalue weighted by Crippen LogP contribution is -2.27. The van der Waals surface area contributed by atoms with E-state index in [0.29, 0.717) is 29.6 Å². The van der Waals surface area contributed by atoms with Crippen LogP contribution in [0.2, 0.25) is 0 Å². The molecular formula is C23H23N5O3S2. The van der Waals surface area contributed by atoms with Crippen LogP contribution in [0.1, 0.15) is 23.2 Å². The van der Waals surface area contributed by atoms with E-state index >= 15 is 0 Å². The van der Waals surface area contributed by atoms with Crippen LogP contribution in [0, 0.1) is 0 Å². The minimum Gasteiger partial charge on any atom is -0.360 e. The van der Waals surface area contributed by atoms with Crippen molar-refractivity contribution in [3.8, 4) is 11.4 Å². The lowest BCUT2D eigenvalue weighted by molar-refractivity contribution is 0.102. The van der Waals surface area contributed by atoms with E-state index in [1.807, 2.05) is 35.9 Å². The first kappa shape index (κ1) is 21.9. The van der Waals surface area contributed by atoms with Gasteiger partial charge in [-0.25, -0.2) is 8.42 Å². The van der Waals surface area contributed by atoms with Crippen LogP contribution in [0.3, 0.4) is 0 Å². The zero-order valence-corrected chi connectivity index (χ0v) is 19.7. The summed E-state index contributed by atoms with van der Waals surface area (Å²) >= 11 is 1.33. The number of nitrogens with one attached hydrogen (secondary N) is 1. The third-order valence-electron chi connectivity index (χ3n) is 5.87. The number of sulfonamides is 1. The minimum absolute atomic E-state index is 0.0125. The van der Waals surface area contributed by atoms with Gasteiger partial charge in [0, 0.05) is 48.4 Å².